The van der Waals surface area contributed by atoms with Crippen molar-refractivity contribution in [2.75, 3.05) is 0 Å². The topological polar surface area (TPSA) is 117 Å². The molecule has 0 radical (unpaired) electrons. The molecular formula is C8H9N5O3. The summed E-state index contributed by atoms with van der Waals surface area (Å²) in [5, 5.41) is 24.8. The molecule has 16 heavy (non-hydrogen) atoms. The number of hydrogen-bond acceptors (Lipinski definition) is 6. The summed E-state index contributed by atoms with van der Waals surface area (Å²) in [6.07, 6.45) is 0. The fourth-order valence-corrected chi connectivity index (χ4v) is 1.14. The van der Waals surface area contributed by atoms with Gasteiger partial charge >= 0.3 is 5.97 Å². The number of hydrogen-bond donors (Lipinski definition) is 3. The largest absolute Gasteiger partial charge is 0.475 e. The second kappa shape index (κ2) is 4.53. The van der Waals surface area contributed by atoms with Crippen LogP contribution in [0.15, 0.2) is 16.5 Å². The van der Waals surface area contributed by atoms with Gasteiger partial charge in [-0.3, -0.25) is 0 Å². The molecule has 8 nitrogen and oxygen atoms in total. The van der Waals surface area contributed by atoms with E-state index in [1.165, 1.54) is 6.07 Å². The van der Waals surface area contributed by atoms with Crippen LogP contribution in [0, 0.1) is 0 Å². The van der Waals surface area contributed by atoms with Gasteiger partial charge in [-0.25, -0.2) is 4.79 Å². The highest BCUT2D eigenvalue weighted by molar-refractivity contribution is 5.84. The van der Waals surface area contributed by atoms with Gasteiger partial charge in [0, 0.05) is 0 Å². The lowest BCUT2D eigenvalue weighted by atomic mass is 10.4. The summed E-state index contributed by atoms with van der Waals surface area (Å²) >= 11 is 0. The minimum Gasteiger partial charge on any atom is -0.475 e. The summed E-state index contributed by atoms with van der Waals surface area (Å²) in [7, 11) is 0. The molecule has 2 heterocycles. The maximum absolute atomic E-state index is 10.5. The van der Waals surface area contributed by atoms with Gasteiger partial charge in [0.05, 0.1) is 13.1 Å². The van der Waals surface area contributed by atoms with Crippen LogP contribution in [0.2, 0.25) is 0 Å². The number of aromatic amines is 1. The quantitative estimate of drug-likeness (QED) is 0.641. The third-order valence-electron chi connectivity index (χ3n) is 1.84. The van der Waals surface area contributed by atoms with Crippen molar-refractivity contribution < 1.29 is 14.3 Å². The number of nitrogens with zero attached hydrogens (tertiary/aromatic N) is 3. The Hall–Kier alpha value is -2.22. The minimum atomic E-state index is -1.08. The molecule has 0 spiro atoms. The molecule has 0 saturated heterocycles. The van der Waals surface area contributed by atoms with Gasteiger partial charge in [0.15, 0.2) is 5.82 Å². The fraction of sp³-hybridized carbons (Fsp3) is 0.250. The van der Waals surface area contributed by atoms with Crippen molar-refractivity contribution in [1.82, 2.24) is 25.9 Å². The van der Waals surface area contributed by atoms with Gasteiger partial charge in [-0.05, 0) is 12.1 Å². The highest BCUT2D eigenvalue weighted by Crippen LogP contribution is 2.07. The fourth-order valence-electron chi connectivity index (χ4n) is 1.14. The molecule has 0 fully saturated rings. The van der Waals surface area contributed by atoms with Crippen molar-refractivity contribution in [2.24, 2.45) is 0 Å². The molecule has 2 aromatic heterocycles. The summed E-state index contributed by atoms with van der Waals surface area (Å²) in [5.74, 6) is -0.0771. The number of aromatic nitrogens is 4. The Bertz CT molecular complexity index is 464. The number of carboxylic acid groups (broad SMARTS) is 1. The van der Waals surface area contributed by atoms with Crippen LogP contribution in [0.25, 0.3) is 0 Å². The van der Waals surface area contributed by atoms with Crippen molar-refractivity contribution >= 4 is 5.97 Å². The maximum atomic E-state index is 10.5. The molecule has 0 atom stereocenters. The number of H-pyrrole nitrogens is 1. The second-order valence-corrected chi connectivity index (χ2v) is 3.00. The zero-order valence-corrected chi connectivity index (χ0v) is 8.17. The summed E-state index contributed by atoms with van der Waals surface area (Å²) in [5.41, 5.74) is 0. The normalized spacial score (nSPS) is 10.5. The summed E-state index contributed by atoms with van der Waals surface area (Å²) in [6.45, 7) is 0.835. The molecule has 2 aromatic rings. The van der Waals surface area contributed by atoms with E-state index in [4.69, 9.17) is 9.52 Å². The maximum Gasteiger partial charge on any atom is 0.371 e. The number of tetrazole rings is 1. The molecule has 0 unspecified atom stereocenters. The zero-order chi connectivity index (χ0) is 11.4. The lowest BCUT2D eigenvalue weighted by molar-refractivity contribution is 0.0660. The van der Waals surface area contributed by atoms with Gasteiger partial charge in [-0.2, -0.15) is 5.21 Å². The van der Waals surface area contributed by atoms with Gasteiger partial charge in [-0.1, -0.05) is 5.21 Å². The van der Waals surface area contributed by atoms with Gasteiger partial charge in [0.2, 0.25) is 5.76 Å². The highest BCUT2D eigenvalue weighted by Gasteiger charge is 2.08. The molecule has 0 amide bonds. The first-order valence-electron chi connectivity index (χ1n) is 4.51. The number of rotatable bonds is 5. The molecule has 0 aliphatic carbocycles. The molecule has 0 aromatic carbocycles. The SMILES string of the molecule is O=C(O)c1ccc(CNCc2nn[nH]n2)o1. The van der Waals surface area contributed by atoms with E-state index in [0.29, 0.717) is 24.7 Å². The van der Waals surface area contributed by atoms with Crippen LogP contribution in [0.5, 0.6) is 0 Å². The van der Waals surface area contributed by atoms with Crippen LogP contribution in [-0.4, -0.2) is 31.7 Å². The van der Waals surface area contributed by atoms with Crippen LogP contribution in [0.3, 0.4) is 0 Å². The Kier molecular flexibility index (Phi) is 2.92. The van der Waals surface area contributed by atoms with Crippen LogP contribution in [-0.2, 0) is 13.1 Å². The molecule has 8 heteroatoms. The Morgan fingerprint density at radius 1 is 1.50 bits per heavy atom. The lowest BCUT2D eigenvalue weighted by Gasteiger charge is -1.97. The molecule has 84 valence electrons. The van der Waals surface area contributed by atoms with Crippen molar-refractivity contribution in [1.29, 1.82) is 0 Å². The van der Waals surface area contributed by atoms with E-state index in [0.717, 1.165) is 0 Å². The average Bonchev–Trinajstić information content (AvgIpc) is 2.87. The van der Waals surface area contributed by atoms with E-state index in [1.54, 1.807) is 6.07 Å². The van der Waals surface area contributed by atoms with E-state index in [9.17, 15) is 4.79 Å². The number of aromatic carboxylic acids is 1. The van der Waals surface area contributed by atoms with Crippen LogP contribution < -0.4 is 5.32 Å². The first-order valence-corrected chi connectivity index (χ1v) is 4.51. The predicted octanol–water partition coefficient (Wildman–Crippen LogP) is -0.219. The Morgan fingerprint density at radius 2 is 2.38 bits per heavy atom. The molecular weight excluding hydrogens is 214 g/mol. The predicted molar refractivity (Wildman–Crippen MR) is 50.4 cm³/mol. The average molecular weight is 223 g/mol. The van der Waals surface area contributed by atoms with E-state index >= 15 is 0 Å². The number of carboxylic acids is 1. The van der Waals surface area contributed by atoms with Crippen molar-refractivity contribution in [3.8, 4) is 0 Å². The third kappa shape index (κ3) is 2.42. The Morgan fingerprint density at radius 3 is 3.00 bits per heavy atom. The molecule has 2 rings (SSSR count). The molecule has 0 aliphatic heterocycles. The van der Waals surface area contributed by atoms with Crippen molar-refractivity contribution in [2.45, 2.75) is 13.1 Å². The highest BCUT2D eigenvalue weighted by atomic mass is 16.4. The van der Waals surface area contributed by atoms with Crippen molar-refractivity contribution in [3.63, 3.8) is 0 Å². The second-order valence-electron chi connectivity index (χ2n) is 3.00. The van der Waals surface area contributed by atoms with Gasteiger partial charge in [-0.15, -0.1) is 10.2 Å². The van der Waals surface area contributed by atoms with E-state index < -0.39 is 5.97 Å². The Labute approximate surface area is 89.7 Å². The molecule has 0 aliphatic rings. The van der Waals surface area contributed by atoms with E-state index in [-0.39, 0.29) is 5.76 Å². The number of carbonyl (C=O) groups is 1. The lowest BCUT2D eigenvalue weighted by Crippen LogP contribution is -2.13. The summed E-state index contributed by atoms with van der Waals surface area (Å²) in [6, 6.07) is 3.01. The van der Waals surface area contributed by atoms with Gasteiger partial charge in [0.1, 0.15) is 5.76 Å². The third-order valence-corrected chi connectivity index (χ3v) is 1.84. The monoisotopic (exact) mass is 223 g/mol. The molecule has 0 bridgehead atoms. The first kappa shape index (κ1) is 10.3. The first-order chi connectivity index (χ1) is 7.75. The summed E-state index contributed by atoms with van der Waals surface area (Å²) < 4.78 is 5.04. The summed E-state index contributed by atoms with van der Waals surface area (Å²) in [4.78, 5) is 10.5. The van der Waals surface area contributed by atoms with Gasteiger partial charge in [0.25, 0.3) is 0 Å². The number of nitrogens with one attached hydrogen (secondary N) is 2. The number of furan rings is 1. The Balaban J connectivity index is 1.83. The van der Waals surface area contributed by atoms with Crippen LogP contribution >= 0.6 is 0 Å². The molecule has 0 saturated carbocycles. The smallest absolute Gasteiger partial charge is 0.371 e. The minimum absolute atomic E-state index is 0.0728. The van der Waals surface area contributed by atoms with Crippen LogP contribution in [0.1, 0.15) is 22.1 Å². The van der Waals surface area contributed by atoms with E-state index in [2.05, 4.69) is 25.9 Å². The van der Waals surface area contributed by atoms with Crippen LogP contribution in [0.4, 0.5) is 0 Å². The zero-order valence-electron chi connectivity index (χ0n) is 8.17. The van der Waals surface area contributed by atoms with Gasteiger partial charge < -0.3 is 14.8 Å². The van der Waals surface area contributed by atoms with E-state index in [1.807, 2.05) is 0 Å². The van der Waals surface area contributed by atoms with Crippen molar-refractivity contribution in [3.05, 3.63) is 29.5 Å². The standard InChI is InChI=1S/C8H9N5O3/c14-8(15)6-2-1-5(16-6)3-9-4-7-10-12-13-11-7/h1-2,9H,3-4H2,(H,14,15)(H,10,11,12,13). The molecule has 3 N–H and O–H groups in total.